The summed E-state index contributed by atoms with van der Waals surface area (Å²) in [5, 5.41) is 3.12. The van der Waals surface area contributed by atoms with Crippen molar-refractivity contribution >= 4 is 61.4 Å². The standard InChI is InChI=1S/C19H12Cl2N2OS/c1-23-17-15-5-3-2-4-11(15)6-7-16(17)25-19(23)22-18(24)12-8-13(20)10-14(21)9-12/h2-10H,1H3. The van der Waals surface area contributed by atoms with Crippen molar-refractivity contribution < 1.29 is 4.79 Å². The van der Waals surface area contributed by atoms with E-state index in [1.54, 1.807) is 18.2 Å². The molecule has 0 saturated carbocycles. The van der Waals surface area contributed by atoms with Crippen LogP contribution in [-0.2, 0) is 7.05 Å². The summed E-state index contributed by atoms with van der Waals surface area (Å²) in [6.07, 6.45) is 0. The molecule has 0 radical (unpaired) electrons. The second kappa shape index (κ2) is 6.30. The zero-order chi connectivity index (χ0) is 17.6. The number of nitrogens with zero attached hydrogens (tertiary/aromatic N) is 2. The van der Waals surface area contributed by atoms with Crippen molar-refractivity contribution in [2.75, 3.05) is 0 Å². The van der Waals surface area contributed by atoms with Crippen LogP contribution in [0.2, 0.25) is 10.0 Å². The second-order valence-electron chi connectivity index (χ2n) is 5.65. The molecule has 3 nitrogen and oxygen atoms in total. The van der Waals surface area contributed by atoms with Gasteiger partial charge in [0.15, 0.2) is 4.80 Å². The molecule has 124 valence electrons. The Kier molecular flexibility index (Phi) is 4.12. The molecule has 1 aromatic heterocycles. The van der Waals surface area contributed by atoms with Gasteiger partial charge in [-0.25, -0.2) is 0 Å². The fraction of sp³-hybridized carbons (Fsp3) is 0.0526. The summed E-state index contributed by atoms with van der Waals surface area (Å²) in [5.74, 6) is -0.365. The molecule has 0 bridgehead atoms. The van der Waals surface area contributed by atoms with Crippen molar-refractivity contribution in [2.24, 2.45) is 12.0 Å². The number of halogens is 2. The van der Waals surface area contributed by atoms with E-state index in [9.17, 15) is 4.79 Å². The average Bonchev–Trinajstić information content (AvgIpc) is 2.90. The number of fused-ring (bicyclic) bond motifs is 3. The van der Waals surface area contributed by atoms with Crippen LogP contribution in [0.15, 0.2) is 59.6 Å². The zero-order valence-electron chi connectivity index (χ0n) is 13.2. The molecule has 0 N–H and O–H groups in total. The lowest BCUT2D eigenvalue weighted by molar-refractivity contribution is 0.0998. The first-order valence-corrected chi connectivity index (χ1v) is 9.12. The lowest BCUT2D eigenvalue weighted by Crippen LogP contribution is -2.13. The largest absolute Gasteiger partial charge is 0.319 e. The van der Waals surface area contributed by atoms with Crippen molar-refractivity contribution in [3.05, 3.63) is 75.0 Å². The van der Waals surface area contributed by atoms with Crippen LogP contribution in [0.25, 0.3) is 21.0 Å². The van der Waals surface area contributed by atoms with Crippen molar-refractivity contribution in [1.82, 2.24) is 4.57 Å². The SMILES string of the molecule is Cn1c(=NC(=O)c2cc(Cl)cc(Cl)c2)sc2ccc3ccccc3c21. The monoisotopic (exact) mass is 386 g/mol. The quantitative estimate of drug-likeness (QED) is 0.428. The molecule has 4 rings (SSSR count). The number of carbonyl (C=O) groups is 1. The predicted octanol–water partition coefficient (Wildman–Crippen LogP) is 5.44. The minimum absolute atomic E-state index is 0.365. The van der Waals surface area contributed by atoms with Gasteiger partial charge in [-0.15, -0.1) is 0 Å². The predicted molar refractivity (Wildman–Crippen MR) is 105 cm³/mol. The molecule has 0 aliphatic rings. The maximum Gasteiger partial charge on any atom is 0.279 e. The fourth-order valence-electron chi connectivity index (χ4n) is 2.85. The van der Waals surface area contributed by atoms with Gasteiger partial charge < -0.3 is 4.57 Å². The first kappa shape index (κ1) is 16.3. The van der Waals surface area contributed by atoms with Crippen LogP contribution in [0, 0.1) is 0 Å². The number of thiazole rings is 1. The third kappa shape index (κ3) is 2.97. The minimum Gasteiger partial charge on any atom is -0.319 e. The molecule has 0 saturated heterocycles. The van der Waals surface area contributed by atoms with Crippen LogP contribution >= 0.6 is 34.5 Å². The molecule has 0 fully saturated rings. The Bertz CT molecular complexity index is 1190. The fourth-order valence-corrected chi connectivity index (χ4v) is 4.41. The molecule has 0 aliphatic carbocycles. The van der Waals surface area contributed by atoms with Gasteiger partial charge in [-0.1, -0.05) is 64.9 Å². The Morgan fingerprint density at radius 1 is 1.04 bits per heavy atom. The molecule has 6 heteroatoms. The maximum absolute atomic E-state index is 12.5. The van der Waals surface area contributed by atoms with Gasteiger partial charge in [0.1, 0.15) is 0 Å². The van der Waals surface area contributed by atoms with Gasteiger partial charge in [0.05, 0.1) is 10.2 Å². The molecule has 1 amide bonds. The van der Waals surface area contributed by atoms with Crippen LogP contribution in [0.3, 0.4) is 0 Å². The molecule has 4 aromatic rings. The van der Waals surface area contributed by atoms with E-state index in [-0.39, 0.29) is 5.91 Å². The van der Waals surface area contributed by atoms with E-state index < -0.39 is 0 Å². The number of aryl methyl sites for hydroxylation is 1. The van der Waals surface area contributed by atoms with E-state index in [0.29, 0.717) is 20.4 Å². The molecule has 25 heavy (non-hydrogen) atoms. The van der Waals surface area contributed by atoms with E-state index in [1.165, 1.54) is 11.3 Å². The molecule has 0 aliphatic heterocycles. The van der Waals surface area contributed by atoms with Crippen LogP contribution in [0.5, 0.6) is 0 Å². The van der Waals surface area contributed by atoms with Gasteiger partial charge in [-0.05, 0) is 29.7 Å². The highest BCUT2D eigenvalue weighted by Gasteiger charge is 2.10. The zero-order valence-corrected chi connectivity index (χ0v) is 15.5. The third-order valence-corrected chi connectivity index (χ3v) is 5.53. The molecule has 0 unspecified atom stereocenters. The normalized spacial score (nSPS) is 12.2. The van der Waals surface area contributed by atoms with E-state index in [0.717, 1.165) is 21.0 Å². The average molecular weight is 387 g/mol. The van der Waals surface area contributed by atoms with Crippen LogP contribution in [0.1, 0.15) is 10.4 Å². The Morgan fingerprint density at radius 2 is 1.76 bits per heavy atom. The highest BCUT2D eigenvalue weighted by molar-refractivity contribution is 7.16. The Labute approximate surface area is 157 Å². The van der Waals surface area contributed by atoms with Crippen molar-refractivity contribution in [1.29, 1.82) is 0 Å². The molecular formula is C19H12Cl2N2OS. The van der Waals surface area contributed by atoms with E-state index in [4.69, 9.17) is 23.2 Å². The highest BCUT2D eigenvalue weighted by atomic mass is 35.5. The summed E-state index contributed by atoms with van der Waals surface area (Å²) in [6.45, 7) is 0. The topological polar surface area (TPSA) is 34.4 Å². The molecule has 1 heterocycles. The van der Waals surface area contributed by atoms with Gasteiger partial charge in [0, 0.05) is 28.0 Å². The van der Waals surface area contributed by atoms with Crippen molar-refractivity contribution in [3.63, 3.8) is 0 Å². The molecule has 0 spiro atoms. The Balaban J connectivity index is 1.91. The summed E-state index contributed by atoms with van der Waals surface area (Å²) in [7, 11) is 1.92. The number of carbonyl (C=O) groups excluding carboxylic acids is 1. The van der Waals surface area contributed by atoms with E-state index in [2.05, 4.69) is 29.3 Å². The van der Waals surface area contributed by atoms with Crippen molar-refractivity contribution in [2.45, 2.75) is 0 Å². The molecule has 3 aromatic carbocycles. The van der Waals surface area contributed by atoms with Gasteiger partial charge in [0.2, 0.25) is 0 Å². The number of benzene rings is 3. The smallest absolute Gasteiger partial charge is 0.279 e. The number of amides is 1. The maximum atomic E-state index is 12.5. The highest BCUT2D eigenvalue weighted by Crippen LogP contribution is 2.26. The van der Waals surface area contributed by atoms with E-state index >= 15 is 0 Å². The van der Waals surface area contributed by atoms with Gasteiger partial charge >= 0.3 is 0 Å². The number of rotatable bonds is 1. The van der Waals surface area contributed by atoms with Crippen molar-refractivity contribution in [3.8, 4) is 0 Å². The van der Waals surface area contributed by atoms with Crippen LogP contribution in [0.4, 0.5) is 0 Å². The molecule has 0 atom stereocenters. The second-order valence-corrected chi connectivity index (χ2v) is 7.53. The van der Waals surface area contributed by atoms with Gasteiger partial charge in [-0.2, -0.15) is 4.99 Å². The van der Waals surface area contributed by atoms with Gasteiger partial charge in [-0.3, -0.25) is 4.79 Å². The van der Waals surface area contributed by atoms with Gasteiger partial charge in [0.25, 0.3) is 5.91 Å². The molecular weight excluding hydrogens is 375 g/mol. The Morgan fingerprint density at radius 3 is 2.52 bits per heavy atom. The Hall–Kier alpha value is -2.14. The third-order valence-electron chi connectivity index (χ3n) is 3.99. The lowest BCUT2D eigenvalue weighted by Gasteiger charge is -2.02. The summed E-state index contributed by atoms with van der Waals surface area (Å²) in [4.78, 5) is 17.4. The number of aromatic nitrogens is 1. The first-order chi connectivity index (χ1) is 12.0. The first-order valence-electron chi connectivity index (χ1n) is 7.55. The number of hydrogen-bond donors (Lipinski definition) is 0. The minimum atomic E-state index is -0.365. The summed E-state index contributed by atoms with van der Waals surface area (Å²) < 4.78 is 3.03. The summed E-state index contributed by atoms with van der Waals surface area (Å²) in [6, 6.07) is 17.0. The summed E-state index contributed by atoms with van der Waals surface area (Å²) in [5.41, 5.74) is 1.44. The van der Waals surface area contributed by atoms with Crippen LogP contribution in [-0.4, -0.2) is 10.5 Å². The summed E-state index contributed by atoms with van der Waals surface area (Å²) >= 11 is 13.4. The lowest BCUT2D eigenvalue weighted by atomic mass is 10.1. The van der Waals surface area contributed by atoms with Crippen LogP contribution < -0.4 is 4.80 Å². The van der Waals surface area contributed by atoms with E-state index in [1.807, 2.05) is 23.7 Å². The number of hydrogen-bond acceptors (Lipinski definition) is 2.